The Balaban J connectivity index is 2.10. The molecule has 2 aromatic carbocycles. The number of hydrogen-bond acceptors (Lipinski definition) is 2. The summed E-state index contributed by atoms with van der Waals surface area (Å²) in [6, 6.07) is 13.9. The molecule has 0 spiro atoms. The topological polar surface area (TPSA) is 26.0 Å². The van der Waals surface area contributed by atoms with Crippen LogP contribution in [0.15, 0.2) is 52.3 Å². The van der Waals surface area contributed by atoms with Crippen molar-refractivity contribution in [3.8, 4) is 0 Å². The van der Waals surface area contributed by atoms with Crippen molar-refractivity contribution in [1.29, 1.82) is 0 Å². The molecule has 19 heavy (non-hydrogen) atoms. The number of thiophene rings is 1. The maximum Gasteiger partial charge on any atom is 0.0577 e. The summed E-state index contributed by atoms with van der Waals surface area (Å²) < 4.78 is 2.21. The highest BCUT2D eigenvalue weighted by Gasteiger charge is 2.16. The lowest BCUT2D eigenvalue weighted by Crippen LogP contribution is -2.11. The van der Waals surface area contributed by atoms with Crippen molar-refractivity contribution in [2.75, 3.05) is 0 Å². The molecule has 0 aliphatic heterocycles. The second kappa shape index (κ2) is 5.25. The van der Waals surface area contributed by atoms with Gasteiger partial charge in [-0.15, -0.1) is 11.3 Å². The van der Waals surface area contributed by atoms with E-state index < -0.39 is 0 Å². The van der Waals surface area contributed by atoms with E-state index in [-0.39, 0.29) is 6.04 Å². The molecule has 1 atom stereocenters. The lowest BCUT2D eigenvalue weighted by molar-refractivity contribution is 0.879. The smallest absolute Gasteiger partial charge is 0.0577 e. The van der Waals surface area contributed by atoms with Gasteiger partial charge in [-0.3, -0.25) is 0 Å². The molecule has 1 aromatic heterocycles. The fraction of sp³-hybridized carbons (Fsp3) is 0.0667. The fourth-order valence-electron chi connectivity index (χ4n) is 2.16. The third-order valence-electron chi connectivity index (χ3n) is 3.14. The number of hydrogen-bond donors (Lipinski definition) is 1. The molecule has 0 saturated carbocycles. The molecule has 2 N–H and O–H groups in total. The van der Waals surface area contributed by atoms with Crippen molar-refractivity contribution in [3.05, 3.63) is 68.5 Å². The minimum Gasteiger partial charge on any atom is -0.320 e. The summed E-state index contributed by atoms with van der Waals surface area (Å²) in [5.74, 6) is 0. The number of fused-ring (bicyclic) bond motifs is 1. The van der Waals surface area contributed by atoms with Gasteiger partial charge in [-0.2, -0.15) is 0 Å². The Morgan fingerprint density at radius 2 is 1.89 bits per heavy atom. The first-order valence-electron chi connectivity index (χ1n) is 5.83. The summed E-state index contributed by atoms with van der Waals surface area (Å²) >= 11 is 11.2. The quantitative estimate of drug-likeness (QED) is 0.659. The maximum atomic E-state index is 6.41. The standard InChI is InChI=1S/C15H11BrClNS/c16-13-7-9(17)5-6-11(13)15(18)12-8-19-14-4-2-1-3-10(12)14/h1-8,15H,18H2. The molecule has 3 rings (SSSR count). The van der Waals surface area contributed by atoms with Crippen LogP contribution in [0, 0.1) is 0 Å². The van der Waals surface area contributed by atoms with Gasteiger partial charge in [-0.25, -0.2) is 0 Å². The molecule has 1 nitrogen and oxygen atoms in total. The van der Waals surface area contributed by atoms with Crippen molar-refractivity contribution in [2.45, 2.75) is 6.04 Å². The van der Waals surface area contributed by atoms with E-state index in [4.69, 9.17) is 17.3 Å². The Hall–Kier alpha value is -0.870. The molecule has 1 heterocycles. The third kappa shape index (κ3) is 2.43. The van der Waals surface area contributed by atoms with Crippen LogP contribution in [-0.4, -0.2) is 0 Å². The van der Waals surface area contributed by atoms with Gasteiger partial charge in [0.1, 0.15) is 0 Å². The van der Waals surface area contributed by atoms with Crippen molar-refractivity contribution < 1.29 is 0 Å². The van der Waals surface area contributed by atoms with E-state index in [1.165, 1.54) is 10.1 Å². The highest BCUT2D eigenvalue weighted by molar-refractivity contribution is 9.10. The van der Waals surface area contributed by atoms with E-state index in [1.807, 2.05) is 30.3 Å². The van der Waals surface area contributed by atoms with E-state index in [9.17, 15) is 0 Å². The van der Waals surface area contributed by atoms with Crippen LogP contribution < -0.4 is 5.73 Å². The van der Waals surface area contributed by atoms with Gasteiger partial charge < -0.3 is 5.73 Å². The van der Waals surface area contributed by atoms with Crippen LogP contribution in [0.5, 0.6) is 0 Å². The summed E-state index contributed by atoms with van der Waals surface area (Å²) in [5, 5.41) is 4.07. The molecule has 4 heteroatoms. The van der Waals surface area contributed by atoms with Gasteiger partial charge in [0.05, 0.1) is 6.04 Å². The summed E-state index contributed by atoms with van der Waals surface area (Å²) in [7, 11) is 0. The second-order valence-corrected chi connectivity index (χ2v) is 6.53. The van der Waals surface area contributed by atoms with Crippen LogP contribution in [0.2, 0.25) is 5.02 Å². The van der Waals surface area contributed by atoms with Crippen LogP contribution >= 0.6 is 38.9 Å². The highest BCUT2D eigenvalue weighted by Crippen LogP contribution is 2.35. The molecule has 1 unspecified atom stereocenters. The van der Waals surface area contributed by atoms with Crippen molar-refractivity contribution >= 4 is 49.0 Å². The third-order valence-corrected chi connectivity index (χ3v) is 5.05. The minimum atomic E-state index is -0.150. The first-order chi connectivity index (χ1) is 9.16. The predicted octanol–water partition coefficient (Wildman–Crippen LogP) is 5.37. The van der Waals surface area contributed by atoms with Crippen LogP contribution in [-0.2, 0) is 0 Å². The summed E-state index contributed by atoms with van der Waals surface area (Å²) in [5.41, 5.74) is 8.62. The molecule has 0 aliphatic rings. The fourth-order valence-corrected chi connectivity index (χ4v) is 4.09. The molecule has 3 aromatic rings. The van der Waals surface area contributed by atoms with E-state index in [1.54, 1.807) is 11.3 Å². The van der Waals surface area contributed by atoms with E-state index in [0.29, 0.717) is 5.02 Å². The van der Waals surface area contributed by atoms with Crippen molar-refractivity contribution in [1.82, 2.24) is 0 Å². The summed E-state index contributed by atoms with van der Waals surface area (Å²) in [6.45, 7) is 0. The average molecular weight is 353 g/mol. The lowest BCUT2D eigenvalue weighted by atomic mass is 9.99. The zero-order chi connectivity index (χ0) is 13.4. The predicted molar refractivity (Wildman–Crippen MR) is 87.0 cm³/mol. The average Bonchev–Trinajstić information content (AvgIpc) is 2.82. The van der Waals surface area contributed by atoms with E-state index in [2.05, 4.69) is 33.4 Å². The van der Waals surface area contributed by atoms with Gasteiger partial charge >= 0.3 is 0 Å². The first-order valence-corrected chi connectivity index (χ1v) is 7.88. The Kier molecular flexibility index (Phi) is 3.63. The van der Waals surface area contributed by atoms with Gasteiger partial charge in [0.15, 0.2) is 0 Å². The van der Waals surface area contributed by atoms with Gasteiger partial charge in [-0.1, -0.05) is 51.8 Å². The monoisotopic (exact) mass is 351 g/mol. The van der Waals surface area contributed by atoms with Gasteiger partial charge in [0.2, 0.25) is 0 Å². The Bertz CT molecular complexity index is 738. The molecule has 0 bridgehead atoms. The molecule has 96 valence electrons. The van der Waals surface area contributed by atoms with Crippen LogP contribution in [0.25, 0.3) is 10.1 Å². The Morgan fingerprint density at radius 1 is 1.11 bits per heavy atom. The molecule has 0 fully saturated rings. The summed E-state index contributed by atoms with van der Waals surface area (Å²) in [6.07, 6.45) is 0. The SMILES string of the molecule is NC(c1ccc(Cl)cc1Br)c1csc2ccccc12. The maximum absolute atomic E-state index is 6.41. The minimum absolute atomic E-state index is 0.150. The first kappa shape index (κ1) is 13.1. The van der Waals surface area contributed by atoms with Crippen molar-refractivity contribution in [2.24, 2.45) is 5.73 Å². The van der Waals surface area contributed by atoms with Gasteiger partial charge in [-0.05, 0) is 40.1 Å². The molecule has 0 saturated heterocycles. The number of rotatable bonds is 2. The summed E-state index contributed by atoms with van der Waals surface area (Å²) in [4.78, 5) is 0. The highest BCUT2D eigenvalue weighted by atomic mass is 79.9. The number of benzene rings is 2. The molecule has 0 amide bonds. The van der Waals surface area contributed by atoms with Gasteiger partial charge in [0, 0.05) is 14.2 Å². The molecular formula is C15H11BrClNS. The molecule has 0 aliphatic carbocycles. The largest absolute Gasteiger partial charge is 0.320 e. The number of nitrogens with two attached hydrogens (primary N) is 1. The Labute approximate surface area is 129 Å². The van der Waals surface area contributed by atoms with Crippen LogP contribution in [0.1, 0.15) is 17.2 Å². The van der Waals surface area contributed by atoms with Crippen LogP contribution in [0.3, 0.4) is 0 Å². The lowest BCUT2D eigenvalue weighted by Gasteiger charge is -2.14. The zero-order valence-corrected chi connectivity index (χ0v) is 13.1. The second-order valence-electron chi connectivity index (χ2n) is 4.33. The zero-order valence-electron chi connectivity index (χ0n) is 9.94. The number of halogens is 2. The van der Waals surface area contributed by atoms with Crippen molar-refractivity contribution in [3.63, 3.8) is 0 Å². The van der Waals surface area contributed by atoms with E-state index in [0.717, 1.165) is 15.6 Å². The molecule has 0 radical (unpaired) electrons. The molecular weight excluding hydrogens is 342 g/mol. The van der Waals surface area contributed by atoms with E-state index >= 15 is 0 Å². The normalized spacial score (nSPS) is 12.8. The Morgan fingerprint density at radius 3 is 2.68 bits per heavy atom. The van der Waals surface area contributed by atoms with Crippen LogP contribution in [0.4, 0.5) is 0 Å². The van der Waals surface area contributed by atoms with Gasteiger partial charge in [0.25, 0.3) is 0 Å².